The van der Waals surface area contributed by atoms with Crippen molar-refractivity contribution in [2.24, 2.45) is 0 Å². The van der Waals surface area contributed by atoms with Gasteiger partial charge in [0.15, 0.2) is 0 Å². The molecule has 3 nitrogen and oxygen atoms in total. The number of benzene rings is 2. The molecule has 112 valence electrons. The first-order chi connectivity index (χ1) is 10.3. The van der Waals surface area contributed by atoms with Gasteiger partial charge in [-0.2, -0.15) is 0 Å². The Hall–Kier alpha value is -2.00. The Balaban J connectivity index is 1.91. The second-order valence-electron chi connectivity index (χ2n) is 4.96. The van der Waals surface area contributed by atoms with E-state index in [1.165, 1.54) is 11.1 Å². The van der Waals surface area contributed by atoms with E-state index in [4.69, 9.17) is 9.47 Å². The molecule has 0 fully saturated rings. The van der Waals surface area contributed by atoms with Crippen LogP contribution in [0, 0.1) is 0 Å². The number of hydrogen-bond acceptors (Lipinski definition) is 3. The van der Waals surface area contributed by atoms with Crippen LogP contribution in [0.15, 0.2) is 48.5 Å². The Kier molecular flexibility index (Phi) is 6.10. The summed E-state index contributed by atoms with van der Waals surface area (Å²) in [7, 11) is 1.66. The van der Waals surface area contributed by atoms with Gasteiger partial charge in [0.25, 0.3) is 0 Å². The van der Waals surface area contributed by atoms with Crippen molar-refractivity contribution in [3.8, 4) is 11.5 Å². The molecule has 3 heteroatoms. The second kappa shape index (κ2) is 8.32. The van der Waals surface area contributed by atoms with Gasteiger partial charge in [0.2, 0.25) is 0 Å². The topological polar surface area (TPSA) is 30.5 Å². The number of hydrogen-bond donors (Lipinski definition) is 1. The Bertz CT molecular complexity index is 554. The van der Waals surface area contributed by atoms with Crippen molar-refractivity contribution in [3.63, 3.8) is 0 Å². The molecule has 0 spiro atoms. The average Bonchev–Trinajstić information content (AvgIpc) is 2.54. The lowest BCUT2D eigenvalue weighted by Crippen LogP contribution is -2.13. The highest BCUT2D eigenvalue weighted by Crippen LogP contribution is 2.20. The third-order valence-electron chi connectivity index (χ3n) is 3.19. The summed E-state index contributed by atoms with van der Waals surface area (Å²) in [5, 5.41) is 3.41. The maximum atomic E-state index is 5.81. The van der Waals surface area contributed by atoms with Crippen molar-refractivity contribution in [3.05, 3.63) is 59.7 Å². The first-order valence-electron chi connectivity index (χ1n) is 7.37. The second-order valence-corrected chi connectivity index (χ2v) is 4.96. The van der Waals surface area contributed by atoms with E-state index >= 15 is 0 Å². The Morgan fingerprint density at radius 3 is 2.52 bits per heavy atom. The summed E-state index contributed by atoms with van der Waals surface area (Å²) in [6.07, 6.45) is 1.15. The summed E-state index contributed by atoms with van der Waals surface area (Å²) < 4.78 is 11.0. The lowest BCUT2D eigenvalue weighted by Gasteiger charge is -2.09. The zero-order valence-electron chi connectivity index (χ0n) is 12.8. The van der Waals surface area contributed by atoms with Crippen LogP contribution in [0.1, 0.15) is 24.5 Å². The minimum Gasteiger partial charge on any atom is -0.497 e. The van der Waals surface area contributed by atoms with Crippen molar-refractivity contribution in [2.75, 3.05) is 13.7 Å². The summed E-state index contributed by atoms with van der Waals surface area (Å²) >= 11 is 0. The predicted octanol–water partition coefficient (Wildman–Crippen LogP) is 3.77. The van der Waals surface area contributed by atoms with Crippen LogP contribution in [0.2, 0.25) is 0 Å². The van der Waals surface area contributed by atoms with Crippen molar-refractivity contribution < 1.29 is 9.47 Å². The molecule has 0 aliphatic carbocycles. The molecule has 0 aliphatic rings. The molecule has 0 aliphatic heterocycles. The van der Waals surface area contributed by atoms with E-state index in [1.807, 2.05) is 24.3 Å². The van der Waals surface area contributed by atoms with E-state index in [1.54, 1.807) is 7.11 Å². The maximum Gasteiger partial charge on any atom is 0.123 e. The van der Waals surface area contributed by atoms with Gasteiger partial charge in [-0.25, -0.2) is 0 Å². The molecule has 0 unspecified atom stereocenters. The molecule has 0 bridgehead atoms. The molecule has 2 rings (SSSR count). The fraction of sp³-hybridized carbons (Fsp3) is 0.333. The molecular weight excluding hydrogens is 262 g/mol. The monoisotopic (exact) mass is 285 g/mol. The van der Waals surface area contributed by atoms with Crippen LogP contribution in [-0.4, -0.2) is 13.7 Å². The van der Waals surface area contributed by atoms with E-state index in [-0.39, 0.29) is 0 Å². The average molecular weight is 285 g/mol. The van der Waals surface area contributed by atoms with Crippen LogP contribution in [0.3, 0.4) is 0 Å². The minimum atomic E-state index is 0.564. The van der Waals surface area contributed by atoms with Gasteiger partial charge < -0.3 is 14.8 Å². The molecular formula is C18H23NO2. The van der Waals surface area contributed by atoms with Crippen LogP contribution in [0.5, 0.6) is 11.5 Å². The highest BCUT2D eigenvalue weighted by Gasteiger charge is 2.00. The first kappa shape index (κ1) is 15.4. The third kappa shape index (κ3) is 5.12. The van der Waals surface area contributed by atoms with Gasteiger partial charge in [0.1, 0.15) is 18.1 Å². The Labute approximate surface area is 126 Å². The van der Waals surface area contributed by atoms with E-state index < -0.39 is 0 Å². The summed E-state index contributed by atoms with van der Waals surface area (Å²) in [6, 6.07) is 16.2. The van der Waals surface area contributed by atoms with Gasteiger partial charge in [-0.15, -0.1) is 0 Å². The van der Waals surface area contributed by atoms with Crippen molar-refractivity contribution >= 4 is 0 Å². The highest BCUT2D eigenvalue weighted by atomic mass is 16.5. The van der Waals surface area contributed by atoms with Crippen LogP contribution in [0.4, 0.5) is 0 Å². The largest absolute Gasteiger partial charge is 0.497 e. The fourth-order valence-electron chi connectivity index (χ4n) is 2.10. The molecule has 0 atom stereocenters. The fourth-order valence-corrected chi connectivity index (χ4v) is 2.10. The molecule has 0 heterocycles. The van der Waals surface area contributed by atoms with Crippen LogP contribution >= 0.6 is 0 Å². The zero-order valence-corrected chi connectivity index (χ0v) is 12.8. The molecule has 0 saturated carbocycles. The predicted molar refractivity (Wildman–Crippen MR) is 85.8 cm³/mol. The summed E-state index contributed by atoms with van der Waals surface area (Å²) in [5.41, 5.74) is 2.46. The lowest BCUT2D eigenvalue weighted by molar-refractivity contribution is 0.303. The number of methoxy groups -OCH3 is 1. The summed E-state index contributed by atoms with van der Waals surface area (Å²) in [5.74, 6) is 1.63. The standard InChI is InChI=1S/C18H23NO2/c1-3-10-19-13-15-6-4-7-16(11-15)14-21-18-9-5-8-17(12-18)20-2/h4-9,11-12,19H,3,10,13-14H2,1-2H3. The number of ether oxygens (including phenoxy) is 2. The van der Waals surface area contributed by atoms with Gasteiger partial charge in [0, 0.05) is 12.6 Å². The van der Waals surface area contributed by atoms with Crippen molar-refractivity contribution in [2.45, 2.75) is 26.5 Å². The molecule has 0 radical (unpaired) electrons. The third-order valence-corrected chi connectivity index (χ3v) is 3.19. The van der Waals surface area contributed by atoms with E-state index in [0.717, 1.165) is 31.0 Å². The van der Waals surface area contributed by atoms with Gasteiger partial charge >= 0.3 is 0 Å². The first-order valence-corrected chi connectivity index (χ1v) is 7.37. The highest BCUT2D eigenvalue weighted by molar-refractivity contribution is 5.33. The summed E-state index contributed by atoms with van der Waals surface area (Å²) in [4.78, 5) is 0. The minimum absolute atomic E-state index is 0.564. The molecule has 21 heavy (non-hydrogen) atoms. The van der Waals surface area contributed by atoms with Gasteiger partial charge in [-0.1, -0.05) is 37.3 Å². The number of nitrogens with one attached hydrogen (secondary N) is 1. The SMILES string of the molecule is CCCNCc1cccc(COc2cccc(OC)c2)c1. The Morgan fingerprint density at radius 1 is 0.952 bits per heavy atom. The van der Waals surface area contributed by atoms with E-state index in [2.05, 4.69) is 36.5 Å². The van der Waals surface area contributed by atoms with Crippen LogP contribution < -0.4 is 14.8 Å². The van der Waals surface area contributed by atoms with Crippen molar-refractivity contribution in [1.29, 1.82) is 0 Å². The zero-order chi connectivity index (χ0) is 14.9. The van der Waals surface area contributed by atoms with Crippen molar-refractivity contribution in [1.82, 2.24) is 5.32 Å². The molecule has 2 aromatic rings. The normalized spacial score (nSPS) is 10.4. The Morgan fingerprint density at radius 2 is 1.71 bits per heavy atom. The van der Waals surface area contributed by atoms with Gasteiger partial charge in [-0.3, -0.25) is 0 Å². The van der Waals surface area contributed by atoms with E-state index in [0.29, 0.717) is 6.61 Å². The molecule has 1 N–H and O–H groups in total. The van der Waals surface area contributed by atoms with Gasteiger partial charge in [-0.05, 0) is 36.2 Å². The molecule has 0 amide bonds. The van der Waals surface area contributed by atoms with Crippen LogP contribution in [-0.2, 0) is 13.2 Å². The molecule has 0 saturated heterocycles. The number of rotatable bonds is 8. The van der Waals surface area contributed by atoms with Gasteiger partial charge in [0.05, 0.1) is 7.11 Å². The lowest BCUT2D eigenvalue weighted by atomic mass is 10.1. The van der Waals surface area contributed by atoms with E-state index in [9.17, 15) is 0 Å². The quantitative estimate of drug-likeness (QED) is 0.749. The summed E-state index contributed by atoms with van der Waals surface area (Å²) in [6.45, 7) is 4.69. The maximum absolute atomic E-state index is 5.81. The molecule has 0 aromatic heterocycles. The smallest absolute Gasteiger partial charge is 0.123 e. The van der Waals surface area contributed by atoms with Crippen LogP contribution in [0.25, 0.3) is 0 Å². The molecule has 2 aromatic carbocycles.